The van der Waals surface area contributed by atoms with Gasteiger partial charge in [-0.25, -0.2) is 13.1 Å². The van der Waals surface area contributed by atoms with Gasteiger partial charge in [0.1, 0.15) is 0 Å². The van der Waals surface area contributed by atoms with Crippen LogP contribution in [-0.2, 0) is 16.6 Å². The highest BCUT2D eigenvalue weighted by atomic mass is 32.2. The number of rotatable bonds is 6. The van der Waals surface area contributed by atoms with Crippen molar-refractivity contribution >= 4 is 21.4 Å². The van der Waals surface area contributed by atoms with E-state index in [0.717, 1.165) is 0 Å². The first-order valence-electron chi connectivity index (χ1n) is 6.01. The Morgan fingerprint density at radius 1 is 1.50 bits per heavy atom. The van der Waals surface area contributed by atoms with E-state index in [0.29, 0.717) is 18.4 Å². The molecule has 7 nitrogen and oxygen atoms in total. The molecule has 2 heterocycles. The molecule has 0 fully saturated rings. The van der Waals surface area contributed by atoms with Gasteiger partial charge in [0, 0.05) is 11.9 Å². The van der Waals surface area contributed by atoms with Crippen molar-refractivity contribution in [1.29, 1.82) is 0 Å². The van der Waals surface area contributed by atoms with E-state index in [4.69, 9.17) is 4.74 Å². The summed E-state index contributed by atoms with van der Waals surface area (Å²) in [6, 6.07) is 1.42. The molecule has 9 heteroatoms. The molecule has 110 valence electrons. The summed E-state index contributed by atoms with van der Waals surface area (Å²) in [5.41, 5.74) is 0. The summed E-state index contributed by atoms with van der Waals surface area (Å²) in [4.78, 5) is 0.254. The van der Waals surface area contributed by atoms with Crippen molar-refractivity contribution in [3.63, 3.8) is 0 Å². The van der Waals surface area contributed by atoms with Crippen LogP contribution >= 0.6 is 11.3 Å². The summed E-state index contributed by atoms with van der Waals surface area (Å²) in [5, 5.41) is 11.2. The highest BCUT2D eigenvalue weighted by Crippen LogP contribution is 2.20. The third-order valence-electron chi connectivity index (χ3n) is 2.77. The van der Waals surface area contributed by atoms with Crippen LogP contribution in [0.2, 0.25) is 0 Å². The van der Waals surface area contributed by atoms with Crippen molar-refractivity contribution in [2.75, 3.05) is 7.11 Å². The van der Waals surface area contributed by atoms with E-state index >= 15 is 0 Å². The lowest BCUT2D eigenvalue weighted by atomic mass is 10.3. The number of methoxy groups -OCH3 is 1. The Balaban J connectivity index is 2.25. The number of thiophene rings is 1. The summed E-state index contributed by atoms with van der Waals surface area (Å²) in [6.07, 6.45) is 0. The van der Waals surface area contributed by atoms with Gasteiger partial charge in [0.15, 0.2) is 5.82 Å². The van der Waals surface area contributed by atoms with E-state index in [-0.39, 0.29) is 4.90 Å². The van der Waals surface area contributed by atoms with Gasteiger partial charge < -0.3 is 4.74 Å². The minimum absolute atomic E-state index is 0.254. The Morgan fingerprint density at radius 2 is 2.25 bits per heavy atom. The lowest BCUT2D eigenvalue weighted by Gasteiger charge is -2.14. The lowest BCUT2D eigenvalue weighted by Crippen LogP contribution is -2.28. The molecule has 2 aromatic rings. The summed E-state index contributed by atoms with van der Waals surface area (Å²) < 4.78 is 33.7. The van der Waals surface area contributed by atoms with Crippen LogP contribution in [-0.4, -0.2) is 30.3 Å². The average molecular weight is 316 g/mol. The maximum absolute atomic E-state index is 12.2. The fourth-order valence-corrected chi connectivity index (χ4v) is 4.06. The van der Waals surface area contributed by atoms with Gasteiger partial charge in [0.05, 0.1) is 18.0 Å². The van der Waals surface area contributed by atoms with Crippen LogP contribution in [0, 0.1) is 0 Å². The van der Waals surface area contributed by atoms with Crippen molar-refractivity contribution in [2.24, 2.45) is 0 Å². The average Bonchev–Trinajstić information content (AvgIpc) is 3.07. The number of hydrogen-bond donors (Lipinski definition) is 1. The molecule has 0 aromatic carbocycles. The van der Waals surface area contributed by atoms with Crippen molar-refractivity contribution in [1.82, 2.24) is 19.5 Å². The molecule has 0 aliphatic carbocycles. The van der Waals surface area contributed by atoms with Crippen molar-refractivity contribution in [3.8, 4) is 6.01 Å². The number of ether oxygens (including phenoxy) is 1. The molecule has 0 saturated heterocycles. The molecule has 0 aliphatic rings. The van der Waals surface area contributed by atoms with Crippen molar-refractivity contribution in [2.45, 2.75) is 31.3 Å². The van der Waals surface area contributed by atoms with Gasteiger partial charge in [0.2, 0.25) is 10.0 Å². The molecule has 1 N–H and O–H groups in total. The molecule has 0 bridgehead atoms. The molecular weight excluding hydrogens is 300 g/mol. The van der Waals surface area contributed by atoms with E-state index in [1.165, 1.54) is 18.4 Å². The zero-order valence-electron chi connectivity index (χ0n) is 11.4. The third-order valence-corrected chi connectivity index (χ3v) is 5.14. The van der Waals surface area contributed by atoms with Gasteiger partial charge >= 0.3 is 6.01 Å². The Bertz CT molecular complexity index is 664. The Morgan fingerprint density at radius 3 is 2.80 bits per heavy atom. The van der Waals surface area contributed by atoms with Gasteiger partial charge in [-0.3, -0.25) is 4.57 Å². The Hall–Kier alpha value is -1.45. The highest BCUT2D eigenvalue weighted by Gasteiger charge is 2.23. The van der Waals surface area contributed by atoms with Crippen LogP contribution in [0.15, 0.2) is 21.7 Å². The molecule has 0 unspecified atom stereocenters. The normalized spacial score (nSPS) is 13.3. The van der Waals surface area contributed by atoms with Gasteiger partial charge in [-0.05, 0) is 25.3 Å². The first-order valence-corrected chi connectivity index (χ1v) is 8.43. The molecule has 0 radical (unpaired) electrons. The lowest BCUT2D eigenvalue weighted by molar-refractivity contribution is 0.354. The molecule has 0 saturated carbocycles. The minimum Gasteiger partial charge on any atom is -0.467 e. The minimum atomic E-state index is -3.55. The van der Waals surface area contributed by atoms with Gasteiger partial charge in [-0.15, -0.1) is 5.10 Å². The Kier molecular flexibility index (Phi) is 4.41. The number of hydrogen-bond acceptors (Lipinski definition) is 6. The number of nitrogens with zero attached hydrogens (tertiary/aromatic N) is 3. The largest absolute Gasteiger partial charge is 0.467 e. The van der Waals surface area contributed by atoms with Crippen molar-refractivity contribution in [3.05, 3.63) is 22.7 Å². The van der Waals surface area contributed by atoms with Crippen molar-refractivity contribution < 1.29 is 13.2 Å². The fraction of sp³-hybridized carbons (Fsp3) is 0.455. The molecule has 20 heavy (non-hydrogen) atoms. The van der Waals surface area contributed by atoms with Crippen LogP contribution in [0.4, 0.5) is 0 Å². The van der Waals surface area contributed by atoms with E-state index in [1.807, 2.05) is 6.92 Å². The molecule has 0 aliphatic heterocycles. The predicted molar refractivity (Wildman–Crippen MR) is 75.3 cm³/mol. The van der Waals surface area contributed by atoms with Crippen LogP contribution in [0.5, 0.6) is 6.01 Å². The quantitative estimate of drug-likeness (QED) is 0.871. The van der Waals surface area contributed by atoms with Gasteiger partial charge in [-0.2, -0.15) is 11.3 Å². The van der Waals surface area contributed by atoms with E-state index < -0.39 is 16.1 Å². The second-order valence-corrected chi connectivity index (χ2v) is 6.59. The molecule has 0 amide bonds. The number of aromatic nitrogens is 3. The summed E-state index contributed by atoms with van der Waals surface area (Å²) in [5.74, 6) is 0.517. The first-order chi connectivity index (χ1) is 9.49. The monoisotopic (exact) mass is 316 g/mol. The topological polar surface area (TPSA) is 86.1 Å². The zero-order chi connectivity index (χ0) is 14.8. The summed E-state index contributed by atoms with van der Waals surface area (Å²) in [6.45, 7) is 4.23. The summed E-state index contributed by atoms with van der Waals surface area (Å²) in [7, 11) is -2.05. The predicted octanol–water partition coefficient (Wildman–Crippen LogP) is 1.41. The summed E-state index contributed by atoms with van der Waals surface area (Å²) >= 11 is 1.33. The van der Waals surface area contributed by atoms with E-state index in [2.05, 4.69) is 14.9 Å². The SMILES string of the molecule is CCn1c(OC)nnc1[C@@H](C)NS(=O)(=O)c1ccsc1. The standard InChI is InChI=1S/C11H16N4O3S2/c1-4-15-10(12-13-11(15)18-3)8(2)14-20(16,17)9-5-6-19-7-9/h5-8,14H,4H2,1-3H3/t8-/m1/s1. The highest BCUT2D eigenvalue weighted by molar-refractivity contribution is 7.89. The fourth-order valence-electron chi connectivity index (χ4n) is 1.83. The van der Waals surface area contributed by atoms with Crippen LogP contribution < -0.4 is 9.46 Å². The van der Waals surface area contributed by atoms with Gasteiger partial charge in [0.25, 0.3) is 0 Å². The molecule has 1 atom stereocenters. The third kappa shape index (κ3) is 2.84. The number of nitrogens with one attached hydrogen (secondary N) is 1. The number of sulfonamides is 1. The van der Waals surface area contributed by atoms with E-state index in [1.54, 1.807) is 28.3 Å². The smallest absolute Gasteiger partial charge is 0.316 e. The van der Waals surface area contributed by atoms with Gasteiger partial charge in [-0.1, -0.05) is 5.10 Å². The maximum Gasteiger partial charge on any atom is 0.316 e. The first kappa shape index (κ1) is 14.9. The molecule has 2 rings (SSSR count). The second kappa shape index (κ2) is 5.90. The second-order valence-electron chi connectivity index (χ2n) is 4.09. The Labute approximate surface area is 121 Å². The molecular formula is C11H16N4O3S2. The van der Waals surface area contributed by atoms with Crippen LogP contribution in [0.1, 0.15) is 25.7 Å². The zero-order valence-corrected chi connectivity index (χ0v) is 13.0. The van der Waals surface area contributed by atoms with E-state index in [9.17, 15) is 8.42 Å². The van der Waals surface area contributed by atoms with Crippen LogP contribution in [0.3, 0.4) is 0 Å². The molecule has 0 spiro atoms. The van der Waals surface area contributed by atoms with Crippen LogP contribution in [0.25, 0.3) is 0 Å². The molecule has 2 aromatic heterocycles. The maximum atomic E-state index is 12.2.